The van der Waals surface area contributed by atoms with Crippen molar-refractivity contribution in [3.63, 3.8) is 0 Å². The Morgan fingerprint density at radius 3 is 3.05 bits per heavy atom. The standard InChI is InChI=1S/C15H15N5S/c1-2-4-11(5-3-1)13-9-21-15(19-13)18-12-6-7-14-16-10-17-20(14)8-12/h1-5,9-10,12H,6-8H2,(H,18,19). The molecule has 106 valence electrons. The highest BCUT2D eigenvalue weighted by Crippen LogP contribution is 2.26. The summed E-state index contributed by atoms with van der Waals surface area (Å²) in [4.78, 5) is 8.93. The molecule has 0 amide bonds. The highest BCUT2D eigenvalue weighted by molar-refractivity contribution is 7.14. The number of nitrogens with zero attached hydrogens (tertiary/aromatic N) is 4. The van der Waals surface area contributed by atoms with E-state index in [0.29, 0.717) is 6.04 Å². The number of nitrogens with one attached hydrogen (secondary N) is 1. The highest BCUT2D eigenvalue weighted by Gasteiger charge is 2.20. The highest BCUT2D eigenvalue weighted by atomic mass is 32.1. The van der Waals surface area contributed by atoms with Gasteiger partial charge in [0.15, 0.2) is 5.13 Å². The Labute approximate surface area is 126 Å². The van der Waals surface area contributed by atoms with Crippen molar-refractivity contribution in [1.82, 2.24) is 19.7 Å². The van der Waals surface area contributed by atoms with E-state index in [2.05, 4.69) is 37.9 Å². The van der Waals surface area contributed by atoms with Crippen molar-refractivity contribution in [3.8, 4) is 11.3 Å². The van der Waals surface area contributed by atoms with Gasteiger partial charge < -0.3 is 5.32 Å². The molecule has 0 radical (unpaired) electrons. The zero-order chi connectivity index (χ0) is 14.1. The first kappa shape index (κ1) is 12.5. The summed E-state index contributed by atoms with van der Waals surface area (Å²) in [5.74, 6) is 1.08. The van der Waals surface area contributed by atoms with E-state index < -0.39 is 0 Å². The van der Waals surface area contributed by atoms with Gasteiger partial charge in [-0.05, 0) is 6.42 Å². The second kappa shape index (κ2) is 5.29. The van der Waals surface area contributed by atoms with Gasteiger partial charge >= 0.3 is 0 Å². The third-order valence-electron chi connectivity index (χ3n) is 3.71. The molecule has 21 heavy (non-hydrogen) atoms. The van der Waals surface area contributed by atoms with E-state index in [9.17, 15) is 0 Å². The van der Waals surface area contributed by atoms with Crippen molar-refractivity contribution in [2.24, 2.45) is 0 Å². The largest absolute Gasteiger partial charge is 0.357 e. The summed E-state index contributed by atoms with van der Waals surface area (Å²) in [7, 11) is 0. The Bertz CT molecular complexity index is 733. The van der Waals surface area contributed by atoms with Gasteiger partial charge in [0.05, 0.1) is 12.2 Å². The lowest BCUT2D eigenvalue weighted by molar-refractivity contribution is 0.441. The van der Waals surface area contributed by atoms with Crippen molar-refractivity contribution in [3.05, 3.63) is 47.9 Å². The lowest BCUT2D eigenvalue weighted by Gasteiger charge is -2.23. The van der Waals surface area contributed by atoms with E-state index in [1.807, 2.05) is 22.9 Å². The van der Waals surface area contributed by atoms with Gasteiger partial charge in [-0.25, -0.2) is 14.6 Å². The van der Waals surface area contributed by atoms with Gasteiger partial charge in [0.25, 0.3) is 0 Å². The van der Waals surface area contributed by atoms with Crippen LogP contribution in [0.1, 0.15) is 12.2 Å². The smallest absolute Gasteiger partial charge is 0.183 e. The van der Waals surface area contributed by atoms with E-state index in [1.165, 1.54) is 0 Å². The second-order valence-electron chi connectivity index (χ2n) is 5.14. The summed E-state index contributed by atoms with van der Waals surface area (Å²) in [6.07, 6.45) is 3.67. The number of fused-ring (bicyclic) bond motifs is 1. The number of rotatable bonds is 3. The van der Waals surface area contributed by atoms with Gasteiger partial charge in [0.2, 0.25) is 0 Å². The molecule has 0 fully saturated rings. The molecule has 1 aromatic carbocycles. The van der Waals surface area contributed by atoms with E-state index >= 15 is 0 Å². The molecule has 0 aliphatic carbocycles. The predicted octanol–water partition coefficient (Wildman–Crippen LogP) is 2.83. The van der Waals surface area contributed by atoms with Crippen LogP contribution in [-0.2, 0) is 13.0 Å². The van der Waals surface area contributed by atoms with Crippen molar-refractivity contribution >= 4 is 16.5 Å². The van der Waals surface area contributed by atoms with Gasteiger partial charge in [0, 0.05) is 23.4 Å². The van der Waals surface area contributed by atoms with Crippen molar-refractivity contribution in [2.45, 2.75) is 25.4 Å². The molecular weight excluding hydrogens is 282 g/mol. The van der Waals surface area contributed by atoms with E-state index in [-0.39, 0.29) is 0 Å². The van der Waals surface area contributed by atoms with Crippen LogP contribution in [0.3, 0.4) is 0 Å². The fourth-order valence-electron chi connectivity index (χ4n) is 2.61. The van der Waals surface area contributed by atoms with Crippen molar-refractivity contribution in [1.29, 1.82) is 0 Å². The van der Waals surface area contributed by atoms with Crippen molar-refractivity contribution in [2.75, 3.05) is 5.32 Å². The summed E-state index contributed by atoms with van der Waals surface area (Å²) < 4.78 is 1.98. The Hall–Kier alpha value is -2.21. The summed E-state index contributed by atoms with van der Waals surface area (Å²) >= 11 is 1.65. The van der Waals surface area contributed by atoms with E-state index in [1.54, 1.807) is 17.7 Å². The maximum absolute atomic E-state index is 4.68. The molecule has 1 aliphatic rings. The molecule has 0 bridgehead atoms. The normalized spacial score (nSPS) is 17.4. The first-order valence-electron chi connectivity index (χ1n) is 7.02. The number of hydrogen-bond acceptors (Lipinski definition) is 5. The molecule has 1 aliphatic heterocycles. The minimum absolute atomic E-state index is 0.369. The van der Waals surface area contributed by atoms with Crippen LogP contribution in [0.4, 0.5) is 5.13 Å². The molecule has 0 saturated heterocycles. The maximum Gasteiger partial charge on any atom is 0.183 e. The van der Waals surface area contributed by atoms with Crippen LogP contribution in [-0.4, -0.2) is 25.8 Å². The zero-order valence-corrected chi connectivity index (χ0v) is 12.3. The monoisotopic (exact) mass is 297 g/mol. The summed E-state index contributed by atoms with van der Waals surface area (Å²) in [5.41, 5.74) is 2.18. The maximum atomic E-state index is 4.68. The molecule has 1 unspecified atom stereocenters. The number of benzene rings is 1. The van der Waals surface area contributed by atoms with E-state index in [0.717, 1.165) is 41.6 Å². The van der Waals surface area contributed by atoms with E-state index in [4.69, 9.17) is 0 Å². The predicted molar refractivity (Wildman–Crippen MR) is 83.3 cm³/mol. The van der Waals surface area contributed by atoms with Gasteiger partial charge in [-0.2, -0.15) is 5.10 Å². The van der Waals surface area contributed by atoms with Crippen LogP contribution in [0.15, 0.2) is 42.0 Å². The fourth-order valence-corrected chi connectivity index (χ4v) is 3.41. The number of aromatic nitrogens is 4. The number of anilines is 1. The average Bonchev–Trinajstić information content (AvgIpc) is 3.17. The molecule has 6 heteroatoms. The Morgan fingerprint density at radius 2 is 2.14 bits per heavy atom. The molecule has 4 rings (SSSR count). The van der Waals surface area contributed by atoms with Crippen molar-refractivity contribution < 1.29 is 0 Å². The summed E-state index contributed by atoms with van der Waals surface area (Å²) in [6.45, 7) is 0.857. The molecular formula is C15H15N5S. The molecule has 0 spiro atoms. The van der Waals surface area contributed by atoms with Crippen LogP contribution < -0.4 is 5.32 Å². The topological polar surface area (TPSA) is 55.6 Å². The summed E-state index contributed by atoms with van der Waals surface area (Å²) in [6, 6.07) is 10.6. The minimum atomic E-state index is 0.369. The first-order chi connectivity index (χ1) is 10.4. The average molecular weight is 297 g/mol. The fraction of sp³-hybridized carbons (Fsp3) is 0.267. The molecule has 3 aromatic rings. The Balaban J connectivity index is 1.48. The van der Waals surface area contributed by atoms with Crippen LogP contribution in [0.5, 0.6) is 0 Å². The van der Waals surface area contributed by atoms with Gasteiger partial charge in [-0.3, -0.25) is 0 Å². The number of aryl methyl sites for hydroxylation is 1. The van der Waals surface area contributed by atoms with Gasteiger partial charge in [-0.1, -0.05) is 30.3 Å². The van der Waals surface area contributed by atoms with Crippen LogP contribution in [0, 0.1) is 0 Å². The molecule has 1 N–H and O–H groups in total. The van der Waals surface area contributed by atoms with Gasteiger partial charge in [0.1, 0.15) is 12.2 Å². The Kier molecular flexibility index (Phi) is 3.16. The molecule has 1 atom stereocenters. The number of thiazole rings is 1. The quantitative estimate of drug-likeness (QED) is 0.807. The van der Waals surface area contributed by atoms with Crippen LogP contribution in [0.2, 0.25) is 0 Å². The molecule has 5 nitrogen and oxygen atoms in total. The van der Waals surface area contributed by atoms with Gasteiger partial charge in [-0.15, -0.1) is 11.3 Å². The summed E-state index contributed by atoms with van der Waals surface area (Å²) in [5, 5.41) is 10.8. The SMILES string of the molecule is c1ccc(-c2csc(NC3CCc4ncnn4C3)n2)cc1. The minimum Gasteiger partial charge on any atom is -0.357 e. The molecule has 0 saturated carbocycles. The van der Waals surface area contributed by atoms with Crippen LogP contribution >= 0.6 is 11.3 Å². The lowest BCUT2D eigenvalue weighted by atomic mass is 10.1. The second-order valence-corrected chi connectivity index (χ2v) is 6.00. The third-order valence-corrected chi connectivity index (χ3v) is 4.48. The Morgan fingerprint density at radius 1 is 1.24 bits per heavy atom. The molecule has 2 aromatic heterocycles. The molecule has 3 heterocycles. The lowest BCUT2D eigenvalue weighted by Crippen LogP contribution is -2.31. The third kappa shape index (κ3) is 2.54. The first-order valence-corrected chi connectivity index (χ1v) is 7.90. The van der Waals surface area contributed by atoms with Crippen LogP contribution in [0.25, 0.3) is 11.3 Å². The number of hydrogen-bond donors (Lipinski definition) is 1. The zero-order valence-electron chi connectivity index (χ0n) is 11.4.